The molecule has 0 aromatic heterocycles. The lowest BCUT2D eigenvalue weighted by Gasteiger charge is -2.54. The summed E-state index contributed by atoms with van der Waals surface area (Å²) in [6.45, 7) is 11.9. The molecule has 1 aromatic rings. The lowest BCUT2D eigenvalue weighted by atomic mass is 9.61. The predicted octanol–water partition coefficient (Wildman–Crippen LogP) is 4.24. The second kappa shape index (κ2) is 6.28. The Morgan fingerprint density at radius 3 is 2.50 bits per heavy atom. The van der Waals surface area contributed by atoms with Crippen LogP contribution in [0, 0.1) is 12.3 Å². The molecule has 0 bridgehead atoms. The second-order valence-corrected chi connectivity index (χ2v) is 6.39. The molecule has 2 heteroatoms. The third kappa shape index (κ3) is 2.91. The van der Waals surface area contributed by atoms with Gasteiger partial charge in [0.15, 0.2) is 0 Å². The normalized spacial score (nSPS) is 30.9. The average Bonchev–Trinajstić information content (AvgIpc) is 2.45. The highest BCUT2D eigenvalue weighted by Crippen LogP contribution is 2.46. The van der Waals surface area contributed by atoms with Crippen LogP contribution in [0.1, 0.15) is 57.7 Å². The molecule has 0 aliphatic heterocycles. The minimum absolute atomic E-state index is 0.273. The summed E-state index contributed by atoms with van der Waals surface area (Å²) in [6.07, 6.45) is 2.71. The van der Waals surface area contributed by atoms with Gasteiger partial charge in [-0.3, -0.25) is 0 Å². The van der Waals surface area contributed by atoms with E-state index in [0.29, 0.717) is 18.2 Å². The topological polar surface area (TPSA) is 21.3 Å². The molecule has 4 atom stereocenters. The number of rotatable bonds is 6. The van der Waals surface area contributed by atoms with Gasteiger partial charge in [-0.2, -0.15) is 0 Å². The second-order valence-electron chi connectivity index (χ2n) is 6.39. The minimum atomic E-state index is 0.273. The average molecular weight is 275 g/mol. The summed E-state index contributed by atoms with van der Waals surface area (Å²) in [5, 5.41) is 3.80. The molecule has 1 aliphatic rings. The molecule has 0 amide bonds. The standard InChI is InChI=1S/C18H29NO/c1-6-18(5)16(12-17(18)20-7-2)19-14(4)15-10-8-13(3)9-11-15/h8-11,14,16-17,19H,6-7,12H2,1-5H3. The molecule has 0 heterocycles. The third-order valence-corrected chi connectivity index (χ3v) is 5.14. The fourth-order valence-corrected chi connectivity index (χ4v) is 3.26. The molecule has 1 fully saturated rings. The van der Waals surface area contributed by atoms with Crippen molar-refractivity contribution in [2.75, 3.05) is 6.61 Å². The van der Waals surface area contributed by atoms with E-state index in [1.54, 1.807) is 0 Å². The Kier molecular flexibility index (Phi) is 4.87. The molecular formula is C18H29NO. The molecule has 4 unspecified atom stereocenters. The first-order valence-electron chi connectivity index (χ1n) is 7.95. The first kappa shape index (κ1) is 15.5. The van der Waals surface area contributed by atoms with Crippen molar-refractivity contribution in [3.05, 3.63) is 35.4 Å². The van der Waals surface area contributed by atoms with Crippen LogP contribution in [0.5, 0.6) is 0 Å². The van der Waals surface area contributed by atoms with Crippen molar-refractivity contribution >= 4 is 0 Å². The quantitative estimate of drug-likeness (QED) is 0.838. The lowest BCUT2D eigenvalue weighted by molar-refractivity contribution is -0.127. The number of ether oxygens (including phenoxy) is 1. The van der Waals surface area contributed by atoms with Crippen LogP contribution < -0.4 is 5.32 Å². The van der Waals surface area contributed by atoms with Crippen LogP contribution >= 0.6 is 0 Å². The summed E-state index contributed by atoms with van der Waals surface area (Å²) in [4.78, 5) is 0. The van der Waals surface area contributed by atoms with Gasteiger partial charge in [0.2, 0.25) is 0 Å². The number of aryl methyl sites for hydroxylation is 1. The van der Waals surface area contributed by atoms with E-state index in [1.165, 1.54) is 11.1 Å². The van der Waals surface area contributed by atoms with E-state index in [0.717, 1.165) is 19.4 Å². The minimum Gasteiger partial charge on any atom is -0.378 e. The van der Waals surface area contributed by atoms with E-state index in [-0.39, 0.29) is 5.41 Å². The number of nitrogens with one attached hydrogen (secondary N) is 1. The molecule has 2 rings (SSSR count). The lowest BCUT2D eigenvalue weighted by Crippen LogP contribution is -2.62. The summed E-state index contributed by atoms with van der Waals surface area (Å²) in [6, 6.07) is 9.80. The Labute approximate surface area is 123 Å². The van der Waals surface area contributed by atoms with E-state index in [1.807, 2.05) is 0 Å². The summed E-state index contributed by atoms with van der Waals surface area (Å²) < 4.78 is 5.88. The largest absolute Gasteiger partial charge is 0.378 e. The molecule has 1 saturated carbocycles. The van der Waals surface area contributed by atoms with Crippen LogP contribution in [0.2, 0.25) is 0 Å². The van der Waals surface area contributed by atoms with Crippen LogP contribution in [0.25, 0.3) is 0 Å². The fraction of sp³-hybridized carbons (Fsp3) is 0.667. The predicted molar refractivity (Wildman–Crippen MR) is 84.9 cm³/mol. The smallest absolute Gasteiger partial charge is 0.0658 e. The van der Waals surface area contributed by atoms with Crippen LogP contribution in [-0.2, 0) is 4.74 Å². The van der Waals surface area contributed by atoms with E-state index < -0.39 is 0 Å². The van der Waals surface area contributed by atoms with Gasteiger partial charge < -0.3 is 10.1 Å². The molecule has 0 radical (unpaired) electrons. The van der Waals surface area contributed by atoms with Crippen molar-refractivity contribution in [3.63, 3.8) is 0 Å². The molecule has 1 N–H and O–H groups in total. The molecule has 20 heavy (non-hydrogen) atoms. The van der Waals surface area contributed by atoms with E-state index >= 15 is 0 Å². The van der Waals surface area contributed by atoms with Gasteiger partial charge in [0, 0.05) is 24.1 Å². The first-order valence-corrected chi connectivity index (χ1v) is 7.95. The monoisotopic (exact) mass is 275 g/mol. The zero-order valence-electron chi connectivity index (χ0n) is 13.6. The maximum atomic E-state index is 5.88. The Morgan fingerprint density at radius 2 is 1.95 bits per heavy atom. The van der Waals surface area contributed by atoms with Crippen LogP contribution in [0.3, 0.4) is 0 Å². The van der Waals surface area contributed by atoms with Crippen molar-refractivity contribution < 1.29 is 4.74 Å². The number of benzene rings is 1. The first-order chi connectivity index (χ1) is 9.51. The van der Waals surface area contributed by atoms with Gasteiger partial charge in [-0.25, -0.2) is 0 Å². The summed E-state index contributed by atoms with van der Waals surface area (Å²) in [5.41, 5.74) is 2.96. The van der Waals surface area contributed by atoms with Gasteiger partial charge in [-0.05, 0) is 39.2 Å². The third-order valence-electron chi connectivity index (χ3n) is 5.14. The molecule has 112 valence electrons. The molecule has 0 spiro atoms. The summed E-state index contributed by atoms with van der Waals surface area (Å²) >= 11 is 0. The van der Waals surface area contributed by atoms with Crippen molar-refractivity contribution in [2.24, 2.45) is 5.41 Å². The number of hydrogen-bond acceptors (Lipinski definition) is 2. The van der Waals surface area contributed by atoms with Crippen LogP contribution in [-0.4, -0.2) is 18.8 Å². The maximum absolute atomic E-state index is 5.88. The van der Waals surface area contributed by atoms with E-state index in [2.05, 4.69) is 64.2 Å². The molecule has 2 nitrogen and oxygen atoms in total. The van der Waals surface area contributed by atoms with Gasteiger partial charge in [-0.1, -0.05) is 43.7 Å². The van der Waals surface area contributed by atoms with Gasteiger partial charge in [-0.15, -0.1) is 0 Å². The van der Waals surface area contributed by atoms with Crippen LogP contribution in [0.4, 0.5) is 0 Å². The van der Waals surface area contributed by atoms with E-state index in [4.69, 9.17) is 4.74 Å². The molecule has 1 aliphatic carbocycles. The highest BCUT2D eigenvalue weighted by Gasteiger charge is 2.51. The molecular weight excluding hydrogens is 246 g/mol. The summed E-state index contributed by atoms with van der Waals surface area (Å²) in [5.74, 6) is 0. The van der Waals surface area contributed by atoms with Crippen molar-refractivity contribution in [3.8, 4) is 0 Å². The fourth-order valence-electron chi connectivity index (χ4n) is 3.26. The molecule has 0 saturated heterocycles. The SMILES string of the molecule is CCOC1CC(NC(C)c2ccc(C)cc2)C1(C)CC. The van der Waals surface area contributed by atoms with E-state index in [9.17, 15) is 0 Å². The Balaban J connectivity index is 1.98. The highest BCUT2D eigenvalue weighted by atomic mass is 16.5. The molecule has 1 aromatic carbocycles. The Hall–Kier alpha value is -0.860. The highest BCUT2D eigenvalue weighted by molar-refractivity contribution is 5.24. The van der Waals surface area contributed by atoms with Crippen molar-refractivity contribution in [2.45, 2.75) is 65.6 Å². The Morgan fingerprint density at radius 1 is 1.30 bits per heavy atom. The van der Waals surface area contributed by atoms with Gasteiger partial charge in [0.1, 0.15) is 0 Å². The zero-order chi connectivity index (χ0) is 14.8. The van der Waals surface area contributed by atoms with Gasteiger partial charge in [0.25, 0.3) is 0 Å². The zero-order valence-corrected chi connectivity index (χ0v) is 13.6. The van der Waals surface area contributed by atoms with Crippen LogP contribution in [0.15, 0.2) is 24.3 Å². The van der Waals surface area contributed by atoms with Crippen molar-refractivity contribution in [1.82, 2.24) is 5.32 Å². The van der Waals surface area contributed by atoms with Crippen molar-refractivity contribution in [1.29, 1.82) is 0 Å². The van der Waals surface area contributed by atoms with Gasteiger partial charge in [0.05, 0.1) is 6.10 Å². The summed E-state index contributed by atoms with van der Waals surface area (Å²) in [7, 11) is 0. The van der Waals surface area contributed by atoms with Gasteiger partial charge >= 0.3 is 0 Å². The number of hydrogen-bond donors (Lipinski definition) is 1. The maximum Gasteiger partial charge on any atom is 0.0658 e. The Bertz CT molecular complexity index is 428.